The third-order valence-corrected chi connectivity index (χ3v) is 2.34. The molecule has 1 rings (SSSR count). The Bertz CT molecular complexity index is 280. The van der Waals surface area contributed by atoms with Crippen LogP contribution in [0.5, 0.6) is 0 Å². The van der Waals surface area contributed by atoms with Crippen LogP contribution in [0.1, 0.15) is 25.0 Å². The zero-order chi connectivity index (χ0) is 9.84. The molecule has 0 amide bonds. The summed E-state index contributed by atoms with van der Waals surface area (Å²) in [4.78, 5) is 3.88. The molecule has 2 atom stereocenters. The molecule has 1 heterocycles. The van der Waals surface area contributed by atoms with Crippen molar-refractivity contribution in [1.29, 1.82) is 0 Å². The first-order valence-corrected chi connectivity index (χ1v) is 4.57. The first kappa shape index (κ1) is 10.4. The van der Waals surface area contributed by atoms with Gasteiger partial charge in [0.15, 0.2) is 0 Å². The lowest BCUT2D eigenvalue weighted by atomic mass is 10.0. The van der Waals surface area contributed by atoms with Gasteiger partial charge in [-0.25, -0.2) is 0 Å². The molecule has 13 heavy (non-hydrogen) atoms. The van der Waals surface area contributed by atoms with Crippen molar-refractivity contribution < 1.29 is 5.11 Å². The Morgan fingerprint density at radius 3 is 2.92 bits per heavy atom. The lowest BCUT2D eigenvalue weighted by Gasteiger charge is -2.17. The molecule has 3 nitrogen and oxygen atoms in total. The fourth-order valence-electron chi connectivity index (χ4n) is 1.06. The van der Waals surface area contributed by atoms with E-state index in [1.165, 1.54) is 0 Å². The Hall–Kier alpha value is -0.640. The monoisotopic (exact) mass is 200 g/mol. The van der Waals surface area contributed by atoms with Crippen LogP contribution in [0.25, 0.3) is 0 Å². The van der Waals surface area contributed by atoms with E-state index >= 15 is 0 Å². The van der Waals surface area contributed by atoms with Crippen LogP contribution in [-0.2, 0) is 0 Å². The molecule has 0 radical (unpaired) electrons. The Morgan fingerprint density at radius 2 is 2.38 bits per heavy atom. The largest absolute Gasteiger partial charge is 0.387 e. The maximum atomic E-state index is 9.72. The number of pyridine rings is 1. The average Bonchev–Trinajstić information content (AvgIpc) is 2.16. The molecule has 0 aliphatic rings. The van der Waals surface area contributed by atoms with Gasteiger partial charge in [-0.15, -0.1) is 0 Å². The van der Waals surface area contributed by atoms with Gasteiger partial charge in [-0.1, -0.05) is 18.5 Å². The smallest absolute Gasteiger partial charge is 0.0970 e. The summed E-state index contributed by atoms with van der Waals surface area (Å²) in [5, 5.41) is 10.2. The molecular weight excluding hydrogens is 188 g/mol. The Labute approximate surface area is 82.5 Å². The average molecular weight is 201 g/mol. The molecule has 0 fully saturated rings. The minimum absolute atomic E-state index is 0.290. The fourth-order valence-corrected chi connectivity index (χ4v) is 1.28. The topological polar surface area (TPSA) is 59.1 Å². The summed E-state index contributed by atoms with van der Waals surface area (Å²) in [6.45, 7) is 1.91. The molecule has 1 aromatic heterocycles. The molecule has 0 spiro atoms. The summed E-state index contributed by atoms with van der Waals surface area (Å²) in [6, 6.07) is 1.35. The van der Waals surface area contributed by atoms with E-state index in [1.807, 2.05) is 6.92 Å². The van der Waals surface area contributed by atoms with Crippen LogP contribution in [0.4, 0.5) is 0 Å². The fraction of sp³-hybridized carbons (Fsp3) is 0.444. The van der Waals surface area contributed by atoms with Crippen LogP contribution in [0, 0.1) is 0 Å². The lowest BCUT2D eigenvalue weighted by molar-refractivity contribution is 0.144. The van der Waals surface area contributed by atoms with E-state index in [0.29, 0.717) is 17.0 Å². The number of hydrogen-bond donors (Lipinski definition) is 2. The first-order valence-electron chi connectivity index (χ1n) is 4.19. The van der Waals surface area contributed by atoms with E-state index in [9.17, 15) is 5.11 Å². The van der Waals surface area contributed by atoms with Crippen LogP contribution in [0.2, 0.25) is 5.02 Å². The number of nitrogens with zero attached hydrogens (tertiary/aromatic N) is 1. The second kappa shape index (κ2) is 4.56. The molecule has 0 unspecified atom stereocenters. The van der Waals surface area contributed by atoms with Crippen LogP contribution in [-0.4, -0.2) is 16.1 Å². The molecule has 72 valence electrons. The number of nitrogens with two attached hydrogens (primary N) is 1. The molecule has 0 saturated heterocycles. The quantitative estimate of drug-likeness (QED) is 0.778. The van der Waals surface area contributed by atoms with Gasteiger partial charge in [0.25, 0.3) is 0 Å². The van der Waals surface area contributed by atoms with Crippen molar-refractivity contribution in [2.75, 3.05) is 0 Å². The van der Waals surface area contributed by atoms with Gasteiger partial charge in [0, 0.05) is 29.0 Å². The highest BCUT2D eigenvalue weighted by molar-refractivity contribution is 6.31. The number of aliphatic hydroxyl groups is 1. The molecule has 0 aliphatic heterocycles. The maximum Gasteiger partial charge on any atom is 0.0970 e. The van der Waals surface area contributed by atoms with E-state index in [2.05, 4.69) is 4.98 Å². The highest BCUT2D eigenvalue weighted by Crippen LogP contribution is 2.23. The van der Waals surface area contributed by atoms with E-state index in [4.69, 9.17) is 17.3 Å². The number of hydrogen-bond acceptors (Lipinski definition) is 3. The number of aromatic nitrogens is 1. The van der Waals surface area contributed by atoms with Gasteiger partial charge in [0.1, 0.15) is 0 Å². The zero-order valence-electron chi connectivity index (χ0n) is 7.44. The van der Waals surface area contributed by atoms with Crippen molar-refractivity contribution in [3.8, 4) is 0 Å². The Balaban J connectivity index is 2.88. The lowest BCUT2D eigenvalue weighted by Crippen LogP contribution is -2.27. The molecular formula is C9H13ClN2O. The third-order valence-electron chi connectivity index (χ3n) is 1.99. The molecule has 3 N–H and O–H groups in total. The van der Waals surface area contributed by atoms with Gasteiger partial charge >= 0.3 is 0 Å². The number of aliphatic hydroxyl groups excluding tert-OH is 1. The Kier molecular flexibility index (Phi) is 3.66. The van der Waals surface area contributed by atoms with Gasteiger partial charge in [-0.05, 0) is 12.5 Å². The van der Waals surface area contributed by atoms with E-state index in [0.717, 1.165) is 0 Å². The standard InChI is InChI=1S/C9H13ClN2O/c1-2-8(11)9(13)6-5-12-4-3-7(6)10/h3-5,8-9,13H,2,11H2,1H3/t8-,9+/m1/s1. The second-order valence-corrected chi connectivity index (χ2v) is 3.32. The van der Waals surface area contributed by atoms with Gasteiger partial charge in [-0.2, -0.15) is 0 Å². The number of halogens is 1. The van der Waals surface area contributed by atoms with E-state index in [-0.39, 0.29) is 6.04 Å². The van der Waals surface area contributed by atoms with E-state index < -0.39 is 6.10 Å². The highest BCUT2D eigenvalue weighted by Gasteiger charge is 2.17. The summed E-state index contributed by atoms with van der Waals surface area (Å²) in [5.74, 6) is 0. The summed E-state index contributed by atoms with van der Waals surface area (Å²) < 4.78 is 0. The van der Waals surface area contributed by atoms with Gasteiger partial charge < -0.3 is 10.8 Å². The summed E-state index contributed by atoms with van der Waals surface area (Å²) in [7, 11) is 0. The van der Waals surface area contributed by atoms with Crippen LogP contribution >= 0.6 is 11.6 Å². The van der Waals surface area contributed by atoms with Crippen molar-refractivity contribution in [2.24, 2.45) is 5.73 Å². The third kappa shape index (κ3) is 2.40. The SMILES string of the molecule is CC[C@@H](N)[C@@H](O)c1cnccc1Cl. The summed E-state index contributed by atoms with van der Waals surface area (Å²) >= 11 is 5.86. The minimum Gasteiger partial charge on any atom is -0.387 e. The van der Waals surface area contributed by atoms with Crippen molar-refractivity contribution >= 4 is 11.6 Å². The van der Waals surface area contributed by atoms with Crippen molar-refractivity contribution in [1.82, 2.24) is 4.98 Å². The second-order valence-electron chi connectivity index (χ2n) is 2.91. The zero-order valence-corrected chi connectivity index (χ0v) is 8.20. The first-order chi connectivity index (χ1) is 6.16. The highest BCUT2D eigenvalue weighted by atomic mass is 35.5. The van der Waals surface area contributed by atoms with Crippen molar-refractivity contribution in [3.63, 3.8) is 0 Å². The Morgan fingerprint density at radius 1 is 1.69 bits per heavy atom. The molecule has 0 bridgehead atoms. The van der Waals surface area contributed by atoms with Gasteiger partial charge in [0.05, 0.1) is 6.10 Å². The molecule has 0 saturated carbocycles. The number of rotatable bonds is 3. The minimum atomic E-state index is -0.730. The maximum absolute atomic E-state index is 9.72. The molecule has 4 heteroatoms. The van der Waals surface area contributed by atoms with Crippen molar-refractivity contribution in [2.45, 2.75) is 25.5 Å². The molecule has 0 aliphatic carbocycles. The van der Waals surface area contributed by atoms with Crippen LogP contribution in [0.3, 0.4) is 0 Å². The molecule has 1 aromatic rings. The van der Waals surface area contributed by atoms with E-state index in [1.54, 1.807) is 18.5 Å². The predicted molar refractivity (Wildman–Crippen MR) is 52.5 cm³/mol. The van der Waals surface area contributed by atoms with Gasteiger partial charge in [0.2, 0.25) is 0 Å². The van der Waals surface area contributed by atoms with Crippen LogP contribution < -0.4 is 5.73 Å². The summed E-state index contributed by atoms with van der Waals surface area (Å²) in [6.07, 6.45) is 3.09. The predicted octanol–water partition coefficient (Wildman–Crippen LogP) is 1.51. The summed E-state index contributed by atoms with van der Waals surface area (Å²) in [5.41, 5.74) is 6.28. The normalized spacial score (nSPS) is 15.4. The van der Waals surface area contributed by atoms with Crippen molar-refractivity contribution in [3.05, 3.63) is 29.0 Å². The van der Waals surface area contributed by atoms with Crippen LogP contribution in [0.15, 0.2) is 18.5 Å². The molecule has 0 aromatic carbocycles. The van der Waals surface area contributed by atoms with Gasteiger partial charge in [-0.3, -0.25) is 4.98 Å².